The number of sulfonamides is 1. The molecule has 0 bridgehead atoms. The van der Waals surface area contributed by atoms with Crippen LogP contribution in [0.3, 0.4) is 0 Å². The summed E-state index contributed by atoms with van der Waals surface area (Å²) in [5.74, 6) is 0.0378. The first-order chi connectivity index (χ1) is 8.09. The maximum absolute atomic E-state index is 12.2. The summed E-state index contributed by atoms with van der Waals surface area (Å²) in [6, 6.07) is 2.76. The molecule has 0 N–H and O–H groups in total. The molecule has 17 heavy (non-hydrogen) atoms. The molecular weight excluding hydrogens is 242 g/mol. The van der Waals surface area contributed by atoms with Crippen LogP contribution in [0.2, 0.25) is 0 Å². The predicted molar refractivity (Wildman–Crippen MR) is 61.3 cm³/mol. The first kappa shape index (κ1) is 12.3. The van der Waals surface area contributed by atoms with E-state index >= 15 is 0 Å². The smallest absolute Gasteiger partial charge is 0.276 e. The zero-order chi connectivity index (χ0) is 12.5. The summed E-state index contributed by atoms with van der Waals surface area (Å²) in [6.07, 6.45) is 3.05. The number of rotatable bonds is 4. The summed E-state index contributed by atoms with van der Waals surface area (Å²) < 4.78 is 31.0. The van der Waals surface area contributed by atoms with Crippen molar-refractivity contribution in [1.29, 1.82) is 0 Å². The van der Waals surface area contributed by atoms with Crippen molar-refractivity contribution >= 4 is 16.3 Å². The van der Waals surface area contributed by atoms with Gasteiger partial charge in [0.15, 0.2) is 12.0 Å². The van der Waals surface area contributed by atoms with Crippen molar-refractivity contribution in [2.75, 3.05) is 6.54 Å². The Morgan fingerprint density at radius 3 is 2.88 bits per heavy atom. The van der Waals surface area contributed by atoms with Crippen molar-refractivity contribution in [2.24, 2.45) is 0 Å². The van der Waals surface area contributed by atoms with E-state index in [0.717, 1.165) is 19.3 Å². The van der Waals surface area contributed by atoms with Gasteiger partial charge in [-0.3, -0.25) is 4.79 Å². The highest BCUT2D eigenvalue weighted by molar-refractivity contribution is 7.89. The van der Waals surface area contributed by atoms with E-state index in [1.54, 1.807) is 0 Å². The van der Waals surface area contributed by atoms with Gasteiger partial charge in [0.25, 0.3) is 10.0 Å². The molecule has 5 nitrogen and oxygen atoms in total. The van der Waals surface area contributed by atoms with Crippen molar-refractivity contribution in [1.82, 2.24) is 4.31 Å². The normalized spacial score (nSPS) is 21.8. The lowest BCUT2D eigenvalue weighted by molar-refractivity contribution is 0.109. The van der Waals surface area contributed by atoms with E-state index in [2.05, 4.69) is 0 Å². The molecule has 0 aromatic carbocycles. The Bertz CT molecular complexity index is 505. The second-order valence-corrected chi connectivity index (χ2v) is 5.92. The minimum Gasteiger partial charge on any atom is -0.440 e. The number of nitrogens with zero attached hydrogens (tertiary/aromatic N) is 1. The number of furan rings is 1. The van der Waals surface area contributed by atoms with Crippen molar-refractivity contribution < 1.29 is 17.6 Å². The van der Waals surface area contributed by atoms with Gasteiger partial charge in [-0.25, -0.2) is 8.42 Å². The lowest BCUT2D eigenvalue weighted by Gasteiger charge is -2.21. The first-order valence-electron chi connectivity index (χ1n) is 5.66. The highest BCUT2D eigenvalue weighted by atomic mass is 32.2. The fourth-order valence-electron chi connectivity index (χ4n) is 2.19. The lowest BCUT2D eigenvalue weighted by Crippen LogP contribution is -2.34. The van der Waals surface area contributed by atoms with Crippen LogP contribution in [0.15, 0.2) is 21.6 Å². The molecule has 2 rings (SSSR count). The highest BCUT2D eigenvalue weighted by Gasteiger charge is 2.36. The summed E-state index contributed by atoms with van der Waals surface area (Å²) in [5, 5.41) is -0.139. The molecule has 0 aliphatic carbocycles. The highest BCUT2D eigenvalue weighted by Crippen LogP contribution is 2.28. The van der Waals surface area contributed by atoms with Gasteiger partial charge in [0.1, 0.15) is 0 Å². The third-order valence-corrected chi connectivity index (χ3v) is 4.90. The summed E-state index contributed by atoms with van der Waals surface area (Å²) in [4.78, 5) is 10.5. The predicted octanol–water partition coefficient (Wildman–Crippen LogP) is 1.66. The quantitative estimate of drug-likeness (QED) is 0.769. The second-order valence-electron chi connectivity index (χ2n) is 4.09. The Kier molecular flexibility index (Phi) is 3.35. The van der Waals surface area contributed by atoms with Crippen LogP contribution in [0.25, 0.3) is 0 Å². The Balaban J connectivity index is 2.32. The van der Waals surface area contributed by atoms with Gasteiger partial charge in [-0.05, 0) is 31.4 Å². The number of hydrogen-bond donors (Lipinski definition) is 0. The van der Waals surface area contributed by atoms with E-state index in [0.29, 0.717) is 12.8 Å². The van der Waals surface area contributed by atoms with Gasteiger partial charge < -0.3 is 4.42 Å². The molecular formula is C11H15NO4S. The van der Waals surface area contributed by atoms with Crippen LogP contribution in [0.4, 0.5) is 0 Å². The third-order valence-electron chi connectivity index (χ3n) is 3.08. The van der Waals surface area contributed by atoms with Crippen LogP contribution < -0.4 is 0 Å². The maximum atomic E-state index is 12.2. The molecule has 2 heterocycles. The van der Waals surface area contributed by atoms with Gasteiger partial charge in [0.05, 0.1) is 0 Å². The van der Waals surface area contributed by atoms with Crippen LogP contribution in [-0.4, -0.2) is 31.6 Å². The number of carbonyl (C=O) groups is 1. The van der Waals surface area contributed by atoms with E-state index < -0.39 is 10.0 Å². The van der Waals surface area contributed by atoms with E-state index in [9.17, 15) is 13.2 Å². The van der Waals surface area contributed by atoms with Gasteiger partial charge in [0.2, 0.25) is 5.09 Å². The van der Waals surface area contributed by atoms with Gasteiger partial charge in [-0.1, -0.05) is 6.92 Å². The molecule has 94 valence electrons. The molecule has 1 aliphatic rings. The Labute approximate surface area is 100 Å². The Hall–Kier alpha value is -1.14. The number of aldehydes is 1. The van der Waals surface area contributed by atoms with Gasteiger partial charge in [-0.2, -0.15) is 4.31 Å². The molecule has 1 fully saturated rings. The molecule has 0 saturated carbocycles. The molecule has 0 spiro atoms. The third kappa shape index (κ3) is 2.14. The molecule has 6 heteroatoms. The van der Waals surface area contributed by atoms with Gasteiger partial charge >= 0.3 is 0 Å². The van der Waals surface area contributed by atoms with Crippen LogP contribution in [0.5, 0.6) is 0 Å². The van der Waals surface area contributed by atoms with Crippen molar-refractivity contribution in [2.45, 2.75) is 37.3 Å². The molecule has 1 unspecified atom stereocenters. The number of carbonyl (C=O) groups excluding carboxylic acids is 1. The molecule has 1 atom stereocenters. The summed E-state index contributed by atoms with van der Waals surface area (Å²) in [7, 11) is -3.58. The molecule has 1 aromatic rings. The minimum atomic E-state index is -3.58. The van der Waals surface area contributed by atoms with Crippen LogP contribution in [0, 0.1) is 0 Å². The Morgan fingerprint density at radius 2 is 2.29 bits per heavy atom. The Morgan fingerprint density at radius 1 is 1.53 bits per heavy atom. The fourth-order valence-corrected chi connectivity index (χ4v) is 3.87. The van der Waals surface area contributed by atoms with E-state index in [4.69, 9.17) is 4.42 Å². The van der Waals surface area contributed by atoms with E-state index in [1.807, 2.05) is 6.92 Å². The average Bonchev–Trinajstić information content (AvgIpc) is 2.97. The second kappa shape index (κ2) is 4.62. The molecule has 0 radical (unpaired) electrons. The monoisotopic (exact) mass is 257 g/mol. The van der Waals surface area contributed by atoms with E-state index in [1.165, 1.54) is 16.4 Å². The molecule has 0 amide bonds. The standard InChI is InChI=1S/C11H15NO4S/c1-2-9-4-3-7-12(9)17(14,15)11-6-5-10(8-13)16-11/h5-6,8-9H,2-4,7H2,1H3. The first-order valence-corrected chi connectivity index (χ1v) is 7.10. The average molecular weight is 257 g/mol. The van der Waals surface area contributed by atoms with E-state index in [-0.39, 0.29) is 16.9 Å². The summed E-state index contributed by atoms with van der Waals surface area (Å²) in [5.41, 5.74) is 0. The minimum absolute atomic E-state index is 0.0378. The summed E-state index contributed by atoms with van der Waals surface area (Å²) in [6.45, 7) is 2.50. The van der Waals surface area contributed by atoms with Gasteiger partial charge in [0, 0.05) is 12.6 Å². The van der Waals surface area contributed by atoms with Crippen LogP contribution >= 0.6 is 0 Å². The van der Waals surface area contributed by atoms with Crippen molar-refractivity contribution in [3.8, 4) is 0 Å². The maximum Gasteiger partial charge on any atom is 0.276 e. The summed E-state index contributed by atoms with van der Waals surface area (Å²) >= 11 is 0. The molecule has 1 saturated heterocycles. The fraction of sp³-hybridized carbons (Fsp3) is 0.545. The molecule has 1 aromatic heterocycles. The zero-order valence-electron chi connectivity index (χ0n) is 9.63. The molecule has 1 aliphatic heterocycles. The van der Waals surface area contributed by atoms with Crippen LogP contribution in [0.1, 0.15) is 36.7 Å². The SMILES string of the molecule is CCC1CCCN1S(=O)(=O)c1ccc(C=O)o1. The van der Waals surface area contributed by atoms with Crippen LogP contribution in [-0.2, 0) is 10.0 Å². The van der Waals surface area contributed by atoms with Crippen molar-refractivity contribution in [3.05, 3.63) is 17.9 Å². The largest absolute Gasteiger partial charge is 0.440 e. The van der Waals surface area contributed by atoms with Crippen molar-refractivity contribution in [3.63, 3.8) is 0 Å². The topological polar surface area (TPSA) is 67.6 Å². The van der Waals surface area contributed by atoms with Gasteiger partial charge in [-0.15, -0.1) is 0 Å². The number of hydrogen-bond acceptors (Lipinski definition) is 4. The lowest BCUT2D eigenvalue weighted by atomic mass is 10.2. The zero-order valence-corrected chi connectivity index (χ0v) is 10.4.